The molecule has 8 heteroatoms. The molecule has 1 N–H and O–H groups in total. The number of benzene rings is 1. The summed E-state index contributed by atoms with van der Waals surface area (Å²) >= 11 is 0. The second kappa shape index (κ2) is 9.67. The van der Waals surface area contributed by atoms with Crippen molar-refractivity contribution >= 4 is 5.95 Å². The predicted molar refractivity (Wildman–Crippen MR) is 121 cm³/mol. The van der Waals surface area contributed by atoms with E-state index in [0.717, 1.165) is 31.9 Å². The third-order valence-electron chi connectivity index (χ3n) is 5.51. The molecule has 162 valence electrons. The number of hydrogen-bond donors (Lipinski definition) is 1. The summed E-state index contributed by atoms with van der Waals surface area (Å²) in [6.07, 6.45) is 8.39. The summed E-state index contributed by atoms with van der Waals surface area (Å²) in [6, 6.07) is 14.4. The Morgan fingerprint density at radius 1 is 0.969 bits per heavy atom. The molecule has 5 rings (SSSR count). The zero-order chi connectivity index (χ0) is 21.6. The number of morpholine rings is 1. The van der Waals surface area contributed by atoms with Crippen molar-refractivity contribution in [2.24, 2.45) is 0 Å². The summed E-state index contributed by atoms with van der Waals surface area (Å²) < 4.78 is 11.2. The maximum atomic E-state index is 5.64. The van der Waals surface area contributed by atoms with Crippen molar-refractivity contribution < 1.29 is 9.15 Å². The van der Waals surface area contributed by atoms with Crippen molar-refractivity contribution in [2.45, 2.75) is 6.04 Å². The van der Waals surface area contributed by atoms with E-state index in [1.165, 1.54) is 5.56 Å². The SMILES string of the molecule is c1ccc(C(CNc2ncc(-c3cnccn3)c(-c3ccco3)n2)N2CCOCC2)cc1. The van der Waals surface area contributed by atoms with Crippen LogP contribution >= 0.6 is 0 Å². The van der Waals surface area contributed by atoms with Crippen LogP contribution < -0.4 is 5.32 Å². The van der Waals surface area contributed by atoms with Crippen LogP contribution in [0.5, 0.6) is 0 Å². The van der Waals surface area contributed by atoms with Gasteiger partial charge in [-0.3, -0.25) is 14.9 Å². The number of furan rings is 1. The number of ether oxygens (including phenoxy) is 1. The van der Waals surface area contributed by atoms with Gasteiger partial charge < -0.3 is 14.5 Å². The van der Waals surface area contributed by atoms with Crippen LogP contribution in [0.2, 0.25) is 0 Å². The molecule has 4 aromatic rings. The van der Waals surface area contributed by atoms with Gasteiger partial charge in [0.1, 0.15) is 5.69 Å². The second-order valence-corrected chi connectivity index (χ2v) is 7.48. The summed E-state index contributed by atoms with van der Waals surface area (Å²) in [5, 5.41) is 3.44. The van der Waals surface area contributed by atoms with Crippen LogP contribution in [-0.4, -0.2) is 57.7 Å². The third-order valence-corrected chi connectivity index (χ3v) is 5.51. The molecular weight excluding hydrogens is 404 g/mol. The molecule has 1 fully saturated rings. The highest BCUT2D eigenvalue weighted by Gasteiger charge is 2.23. The van der Waals surface area contributed by atoms with Gasteiger partial charge in [0.05, 0.1) is 37.4 Å². The van der Waals surface area contributed by atoms with Crippen LogP contribution in [0, 0.1) is 0 Å². The second-order valence-electron chi connectivity index (χ2n) is 7.48. The van der Waals surface area contributed by atoms with Crippen LogP contribution in [0.25, 0.3) is 22.7 Å². The lowest BCUT2D eigenvalue weighted by Gasteiger charge is -2.35. The minimum atomic E-state index is 0.190. The molecule has 3 aromatic heterocycles. The molecule has 1 unspecified atom stereocenters. The normalized spacial score (nSPS) is 15.4. The molecule has 8 nitrogen and oxygen atoms in total. The van der Waals surface area contributed by atoms with Gasteiger partial charge >= 0.3 is 0 Å². The van der Waals surface area contributed by atoms with Gasteiger partial charge in [-0.2, -0.15) is 0 Å². The van der Waals surface area contributed by atoms with E-state index in [1.807, 2.05) is 18.2 Å². The summed E-state index contributed by atoms with van der Waals surface area (Å²) in [4.78, 5) is 20.3. The Kier molecular flexibility index (Phi) is 6.13. The fraction of sp³-hybridized carbons (Fsp3) is 0.250. The molecule has 32 heavy (non-hydrogen) atoms. The molecule has 1 aliphatic heterocycles. The monoisotopic (exact) mass is 428 g/mol. The molecule has 0 saturated carbocycles. The van der Waals surface area contributed by atoms with Crippen LogP contribution in [0.15, 0.2) is 77.9 Å². The first kappa shape index (κ1) is 20.3. The first-order valence-corrected chi connectivity index (χ1v) is 10.7. The Morgan fingerprint density at radius 2 is 1.84 bits per heavy atom. The molecule has 1 aromatic carbocycles. The predicted octanol–water partition coefficient (Wildman–Crippen LogP) is 3.68. The first-order chi connectivity index (χ1) is 15.9. The van der Waals surface area contributed by atoms with Crippen LogP contribution in [-0.2, 0) is 4.74 Å². The molecular formula is C24H24N6O2. The standard InChI is InChI=1S/C24H24N6O2/c1-2-5-18(6-3-1)21(30-10-13-31-14-11-30)17-28-24-27-15-19(20-16-25-8-9-26-20)23(29-24)22-7-4-12-32-22/h1-9,12,15-16,21H,10-11,13-14,17H2,(H,27,28,29). The number of aromatic nitrogens is 4. The summed E-state index contributed by atoms with van der Waals surface area (Å²) in [5.74, 6) is 1.20. The number of nitrogens with one attached hydrogen (secondary N) is 1. The number of anilines is 1. The largest absolute Gasteiger partial charge is 0.463 e. The van der Waals surface area contributed by atoms with E-state index in [4.69, 9.17) is 14.1 Å². The van der Waals surface area contributed by atoms with Crippen LogP contribution in [0.1, 0.15) is 11.6 Å². The minimum Gasteiger partial charge on any atom is -0.463 e. The van der Waals surface area contributed by atoms with Gasteiger partial charge in [0.25, 0.3) is 0 Å². The zero-order valence-corrected chi connectivity index (χ0v) is 17.6. The van der Waals surface area contributed by atoms with E-state index >= 15 is 0 Å². The van der Waals surface area contributed by atoms with Crippen molar-refractivity contribution in [2.75, 3.05) is 38.2 Å². The molecule has 0 bridgehead atoms. The van der Waals surface area contributed by atoms with Crippen molar-refractivity contribution in [3.63, 3.8) is 0 Å². The lowest BCUT2D eigenvalue weighted by Crippen LogP contribution is -2.41. The smallest absolute Gasteiger partial charge is 0.223 e. The van der Waals surface area contributed by atoms with Crippen molar-refractivity contribution in [1.29, 1.82) is 0 Å². The van der Waals surface area contributed by atoms with Gasteiger partial charge in [-0.25, -0.2) is 9.97 Å². The van der Waals surface area contributed by atoms with Crippen molar-refractivity contribution in [3.8, 4) is 22.7 Å². The Morgan fingerprint density at radius 3 is 2.59 bits per heavy atom. The fourth-order valence-electron chi connectivity index (χ4n) is 3.90. The van der Waals surface area contributed by atoms with Crippen LogP contribution in [0.3, 0.4) is 0 Å². The summed E-state index contributed by atoms with van der Waals surface area (Å²) in [5.41, 5.74) is 3.40. The molecule has 0 radical (unpaired) electrons. The first-order valence-electron chi connectivity index (χ1n) is 10.7. The van der Waals surface area contributed by atoms with Crippen molar-refractivity contribution in [1.82, 2.24) is 24.8 Å². The maximum Gasteiger partial charge on any atom is 0.223 e. The lowest BCUT2D eigenvalue weighted by molar-refractivity contribution is 0.0187. The molecule has 4 heterocycles. The fourth-order valence-corrected chi connectivity index (χ4v) is 3.90. The Labute approximate surface area is 186 Å². The van der Waals surface area contributed by atoms with Gasteiger partial charge in [0, 0.05) is 43.8 Å². The molecule has 0 aliphatic carbocycles. The molecule has 1 aliphatic rings. The summed E-state index contributed by atoms with van der Waals surface area (Å²) in [6.45, 7) is 3.95. The van der Waals surface area contributed by atoms with E-state index in [-0.39, 0.29) is 6.04 Å². The van der Waals surface area contributed by atoms with Gasteiger partial charge in [-0.1, -0.05) is 30.3 Å². The lowest BCUT2D eigenvalue weighted by atomic mass is 10.0. The van der Waals surface area contributed by atoms with E-state index in [2.05, 4.69) is 49.4 Å². The topological polar surface area (TPSA) is 89.2 Å². The highest BCUT2D eigenvalue weighted by molar-refractivity contribution is 5.76. The average Bonchev–Trinajstić information content (AvgIpc) is 3.41. The Balaban J connectivity index is 1.42. The van der Waals surface area contributed by atoms with Gasteiger partial charge in [-0.15, -0.1) is 0 Å². The Hall–Kier alpha value is -3.62. The van der Waals surface area contributed by atoms with Crippen LogP contribution in [0.4, 0.5) is 5.95 Å². The average molecular weight is 428 g/mol. The molecule has 1 atom stereocenters. The molecule has 1 saturated heterocycles. The van der Waals surface area contributed by atoms with Gasteiger partial charge in [0.15, 0.2) is 5.76 Å². The number of hydrogen-bond acceptors (Lipinski definition) is 8. The number of rotatable bonds is 7. The highest BCUT2D eigenvalue weighted by Crippen LogP contribution is 2.30. The quantitative estimate of drug-likeness (QED) is 0.477. The van der Waals surface area contributed by atoms with Crippen molar-refractivity contribution in [3.05, 3.63) is 79.1 Å². The van der Waals surface area contributed by atoms with E-state index in [0.29, 0.717) is 29.6 Å². The van der Waals surface area contributed by atoms with Gasteiger partial charge in [-0.05, 0) is 17.7 Å². The minimum absolute atomic E-state index is 0.190. The molecule has 0 amide bonds. The number of nitrogens with zero attached hydrogens (tertiary/aromatic N) is 5. The Bertz CT molecular complexity index is 1120. The zero-order valence-electron chi connectivity index (χ0n) is 17.6. The summed E-state index contributed by atoms with van der Waals surface area (Å²) in [7, 11) is 0. The third kappa shape index (κ3) is 4.51. The van der Waals surface area contributed by atoms with E-state index in [9.17, 15) is 0 Å². The van der Waals surface area contributed by atoms with Gasteiger partial charge in [0.2, 0.25) is 5.95 Å². The van der Waals surface area contributed by atoms with E-state index in [1.54, 1.807) is 31.1 Å². The van der Waals surface area contributed by atoms with E-state index < -0.39 is 0 Å². The highest BCUT2D eigenvalue weighted by atomic mass is 16.5. The maximum absolute atomic E-state index is 5.64. The molecule has 0 spiro atoms.